The van der Waals surface area contributed by atoms with Crippen LogP contribution in [-0.4, -0.2) is 36.1 Å². The number of benzene rings is 1. The van der Waals surface area contributed by atoms with Crippen molar-refractivity contribution in [3.05, 3.63) is 47.9 Å². The lowest BCUT2D eigenvalue weighted by Crippen LogP contribution is -2.46. The molecule has 122 valence electrons. The molecule has 0 N–H and O–H groups in total. The number of anilines is 2. The minimum atomic E-state index is -4.29. The van der Waals surface area contributed by atoms with Crippen molar-refractivity contribution in [3.63, 3.8) is 0 Å². The highest BCUT2D eigenvalue weighted by atomic mass is 19.4. The summed E-state index contributed by atoms with van der Waals surface area (Å²) in [5.74, 6) is 1.62. The fourth-order valence-corrected chi connectivity index (χ4v) is 2.67. The van der Waals surface area contributed by atoms with Crippen LogP contribution in [-0.2, 0) is 6.18 Å². The van der Waals surface area contributed by atoms with E-state index in [1.54, 1.807) is 6.20 Å². The first-order valence-electron chi connectivity index (χ1n) is 7.40. The van der Waals surface area contributed by atoms with Gasteiger partial charge in [0, 0.05) is 38.1 Å². The van der Waals surface area contributed by atoms with Crippen LogP contribution in [0.3, 0.4) is 0 Å². The van der Waals surface area contributed by atoms with Crippen LogP contribution in [0.1, 0.15) is 11.4 Å². The van der Waals surface area contributed by atoms with Crippen molar-refractivity contribution in [2.45, 2.75) is 13.1 Å². The second kappa shape index (κ2) is 6.06. The van der Waals surface area contributed by atoms with Gasteiger partial charge in [-0.3, -0.25) is 0 Å². The second-order valence-corrected chi connectivity index (χ2v) is 5.48. The molecule has 2 heterocycles. The molecule has 0 amide bonds. The number of aromatic nitrogens is 2. The van der Waals surface area contributed by atoms with Gasteiger partial charge in [0.15, 0.2) is 0 Å². The van der Waals surface area contributed by atoms with E-state index in [9.17, 15) is 13.2 Å². The van der Waals surface area contributed by atoms with Crippen LogP contribution in [0.15, 0.2) is 36.5 Å². The van der Waals surface area contributed by atoms with E-state index in [2.05, 4.69) is 19.8 Å². The summed E-state index contributed by atoms with van der Waals surface area (Å²) in [5.41, 5.74) is 0.202. The monoisotopic (exact) mass is 322 g/mol. The van der Waals surface area contributed by atoms with Gasteiger partial charge in [0.25, 0.3) is 0 Å². The minimum Gasteiger partial charge on any atom is -0.368 e. The fourth-order valence-electron chi connectivity index (χ4n) is 2.67. The van der Waals surface area contributed by atoms with Gasteiger partial charge in [0.05, 0.1) is 5.56 Å². The Morgan fingerprint density at radius 3 is 2.09 bits per heavy atom. The van der Waals surface area contributed by atoms with Gasteiger partial charge in [0.2, 0.25) is 0 Å². The average Bonchev–Trinajstić information content (AvgIpc) is 2.54. The van der Waals surface area contributed by atoms with Crippen molar-refractivity contribution >= 4 is 11.5 Å². The SMILES string of the molecule is Cc1nccc(N2CCN(c3ccc(C(F)(F)F)cc3)CC2)n1. The van der Waals surface area contributed by atoms with Gasteiger partial charge in [-0.1, -0.05) is 0 Å². The highest BCUT2D eigenvalue weighted by Crippen LogP contribution is 2.30. The summed E-state index contributed by atoms with van der Waals surface area (Å²) in [5, 5.41) is 0. The molecule has 7 heteroatoms. The summed E-state index contributed by atoms with van der Waals surface area (Å²) in [4.78, 5) is 12.7. The molecule has 2 aromatic rings. The third-order valence-electron chi connectivity index (χ3n) is 3.92. The minimum absolute atomic E-state index is 0.614. The number of hydrogen-bond acceptors (Lipinski definition) is 4. The van der Waals surface area contributed by atoms with E-state index < -0.39 is 11.7 Å². The van der Waals surface area contributed by atoms with Gasteiger partial charge in [0.1, 0.15) is 11.6 Å². The molecule has 0 atom stereocenters. The van der Waals surface area contributed by atoms with Crippen molar-refractivity contribution in [1.82, 2.24) is 9.97 Å². The molecule has 0 unspecified atom stereocenters. The standard InChI is InChI=1S/C16H17F3N4/c1-12-20-7-6-15(21-12)23-10-8-22(9-11-23)14-4-2-13(3-5-14)16(17,18)19/h2-7H,8-11H2,1H3. The number of hydrogen-bond donors (Lipinski definition) is 0. The van der Waals surface area contributed by atoms with E-state index in [0.717, 1.165) is 55.6 Å². The zero-order valence-corrected chi connectivity index (χ0v) is 12.7. The van der Waals surface area contributed by atoms with E-state index in [4.69, 9.17) is 0 Å². The Hall–Kier alpha value is -2.31. The molecule has 1 aliphatic rings. The number of rotatable bonds is 2. The lowest BCUT2D eigenvalue weighted by atomic mass is 10.1. The summed E-state index contributed by atoms with van der Waals surface area (Å²) in [7, 11) is 0. The Bertz CT molecular complexity index is 662. The Kier molecular flexibility index (Phi) is 4.11. The Labute approximate surface area is 132 Å². The van der Waals surface area contributed by atoms with Gasteiger partial charge in [-0.05, 0) is 37.3 Å². The van der Waals surface area contributed by atoms with Crippen LogP contribution in [0.2, 0.25) is 0 Å². The molecule has 0 aliphatic carbocycles. The first kappa shape index (κ1) is 15.6. The number of alkyl halides is 3. The van der Waals surface area contributed by atoms with Crippen molar-refractivity contribution in [1.29, 1.82) is 0 Å². The normalized spacial score (nSPS) is 15.8. The van der Waals surface area contributed by atoms with Crippen molar-refractivity contribution in [3.8, 4) is 0 Å². The van der Waals surface area contributed by atoms with Gasteiger partial charge in [-0.25, -0.2) is 9.97 Å². The maximum atomic E-state index is 12.6. The molecule has 1 aromatic heterocycles. The summed E-state index contributed by atoms with van der Waals surface area (Å²) in [6.45, 7) is 4.89. The van der Waals surface area contributed by atoms with E-state index >= 15 is 0 Å². The molecular weight excluding hydrogens is 305 g/mol. The van der Waals surface area contributed by atoms with Crippen molar-refractivity contribution in [2.75, 3.05) is 36.0 Å². The van der Waals surface area contributed by atoms with Crippen LogP contribution < -0.4 is 9.80 Å². The predicted molar refractivity (Wildman–Crippen MR) is 82.6 cm³/mol. The lowest BCUT2D eigenvalue weighted by Gasteiger charge is -2.36. The maximum Gasteiger partial charge on any atom is 0.416 e. The third-order valence-corrected chi connectivity index (χ3v) is 3.92. The van der Waals surface area contributed by atoms with Crippen LogP contribution in [0, 0.1) is 6.92 Å². The zero-order valence-electron chi connectivity index (χ0n) is 12.7. The van der Waals surface area contributed by atoms with E-state index in [1.807, 2.05) is 13.0 Å². The summed E-state index contributed by atoms with van der Waals surface area (Å²) < 4.78 is 37.8. The number of nitrogens with zero attached hydrogens (tertiary/aromatic N) is 4. The summed E-state index contributed by atoms with van der Waals surface area (Å²) in [6, 6.07) is 7.21. The van der Waals surface area contributed by atoms with Crippen LogP contribution in [0.25, 0.3) is 0 Å². The number of halogens is 3. The Balaban J connectivity index is 1.65. The van der Waals surface area contributed by atoms with Gasteiger partial charge in [-0.15, -0.1) is 0 Å². The van der Waals surface area contributed by atoms with Crippen LogP contribution in [0.4, 0.5) is 24.7 Å². The predicted octanol–water partition coefficient (Wildman–Crippen LogP) is 3.13. The largest absolute Gasteiger partial charge is 0.416 e. The van der Waals surface area contributed by atoms with Crippen molar-refractivity contribution < 1.29 is 13.2 Å². The quantitative estimate of drug-likeness (QED) is 0.850. The molecule has 3 rings (SSSR count). The smallest absolute Gasteiger partial charge is 0.368 e. The summed E-state index contributed by atoms with van der Waals surface area (Å²) >= 11 is 0. The molecule has 1 aromatic carbocycles. The molecule has 4 nitrogen and oxygen atoms in total. The second-order valence-electron chi connectivity index (χ2n) is 5.48. The van der Waals surface area contributed by atoms with Crippen LogP contribution in [0.5, 0.6) is 0 Å². The third kappa shape index (κ3) is 3.55. The summed E-state index contributed by atoms with van der Waals surface area (Å²) in [6.07, 6.45) is -2.55. The molecular formula is C16H17F3N4. The average molecular weight is 322 g/mol. The maximum absolute atomic E-state index is 12.6. The molecule has 1 saturated heterocycles. The van der Waals surface area contributed by atoms with Crippen molar-refractivity contribution in [2.24, 2.45) is 0 Å². The number of piperazine rings is 1. The van der Waals surface area contributed by atoms with Gasteiger partial charge >= 0.3 is 6.18 Å². The highest BCUT2D eigenvalue weighted by molar-refractivity contribution is 5.50. The Morgan fingerprint density at radius 1 is 0.913 bits per heavy atom. The lowest BCUT2D eigenvalue weighted by molar-refractivity contribution is -0.137. The molecule has 1 aliphatic heterocycles. The number of aryl methyl sites for hydroxylation is 1. The molecule has 0 spiro atoms. The first-order valence-corrected chi connectivity index (χ1v) is 7.40. The van der Waals surface area contributed by atoms with Gasteiger partial charge in [-0.2, -0.15) is 13.2 Å². The van der Waals surface area contributed by atoms with Gasteiger partial charge < -0.3 is 9.80 Å². The molecule has 0 radical (unpaired) electrons. The van der Waals surface area contributed by atoms with E-state index in [1.165, 1.54) is 12.1 Å². The van der Waals surface area contributed by atoms with E-state index in [0.29, 0.717) is 0 Å². The molecule has 1 fully saturated rings. The van der Waals surface area contributed by atoms with Crippen LogP contribution >= 0.6 is 0 Å². The first-order chi connectivity index (χ1) is 10.9. The molecule has 23 heavy (non-hydrogen) atoms. The fraction of sp³-hybridized carbons (Fsp3) is 0.375. The molecule has 0 saturated carbocycles. The van der Waals surface area contributed by atoms with E-state index in [-0.39, 0.29) is 0 Å². The Morgan fingerprint density at radius 2 is 1.52 bits per heavy atom. The molecule has 0 bridgehead atoms. The topological polar surface area (TPSA) is 32.3 Å². The highest BCUT2D eigenvalue weighted by Gasteiger charge is 2.30. The zero-order chi connectivity index (χ0) is 16.4.